The highest BCUT2D eigenvalue weighted by atomic mass is 16.5. The van der Waals surface area contributed by atoms with E-state index >= 15 is 0 Å². The Kier molecular flexibility index (Phi) is 5.00. The molecule has 7 rings (SSSR count). The average Bonchev–Trinajstić information content (AvgIpc) is 3.09. The third-order valence-corrected chi connectivity index (χ3v) is 9.77. The van der Waals surface area contributed by atoms with Crippen molar-refractivity contribution in [1.82, 2.24) is 10.2 Å². The van der Waals surface area contributed by atoms with Crippen molar-refractivity contribution in [3.8, 4) is 0 Å². The molecule has 6 aliphatic rings. The Hall–Kier alpha value is -2.04. The first-order valence-electron chi connectivity index (χ1n) is 12.8. The van der Waals surface area contributed by atoms with E-state index in [4.69, 9.17) is 4.74 Å². The number of amides is 2. The molecule has 5 heteroatoms. The Morgan fingerprint density at radius 2 is 1.69 bits per heavy atom. The number of likely N-dealkylation sites (tertiary alicyclic amines) is 1. The molecule has 1 N–H and O–H groups in total. The molecule has 1 atom stereocenters. The van der Waals surface area contributed by atoms with Crippen molar-refractivity contribution < 1.29 is 14.3 Å². The van der Waals surface area contributed by atoms with E-state index < -0.39 is 0 Å². The summed E-state index contributed by atoms with van der Waals surface area (Å²) in [6, 6.07) is 9.19. The number of urea groups is 1. The van der Waals surface area contributed by atoms with Crippen molar-refractivity contribution in [1.29, 1.82) is 0 Å². The van der Waals surface area contributed by atoms with Gasteiger partial charge in [0.25, 0.3) is 0 Å². The maximum absolute atomic E-state index is 13.2. The number of nitrogens with one attached hydrogen (secondary N) is 1. The summed E-state index contributed by atoms with van der Waals surface area (Å²) in [5, 5.41) is 3.50. The van der Waals surface area contributed by atoms with Gasteiger partial charge in [-0.25, -0.2) is 4.79 Å². The summed E-state index contributed by atoms with van der Waals surface area (Å²) in [4.78, 5) is 27.3. The fourth-order valence-electron chi connectivity index (χ4n) is 8.50. The first-order chi connectivity index (χ1) is 15.5. The van der Waals surface area contributed by atoms with Gasteiger partial charge in [0.2, 0.25) is 0 Å². The minimum absolute atomic E-state index is 0.0919. The highest BCUT2D eigenvalue weighted by Crippen LogP contribution is 2.54. The van der Waals surface area contributed by atoms with Crippen LogP contribution in [0.2, 0.25) is 0 Å². The second-order valence-corrected chi connectivity index (χ2v) is 11.4. The van der Waals surface area contributed by atoms with Gasteiger partial charge in [-0.05, 0) is 97.5 Å². The molecule has 2 amide bonds. The van der Waals surface area contributed by atoms with Gasteiger partial charge in [-0.15, -0.1) is 0 Å². The zero-order valence-electron chi connectivity index (χ0n) is 19.2. The number of nitrogens with zero attached hydrogens (tertiary/aromatic N) is 1. The SMILES string of the molecule is COC(=O)C[C@@H]1CC2(CCN(C(=O)NC3C4CC5CC(C4)CC3C5)CC2)c2ccccc21. The second kappa shape index (κ2) is 7.78. The standard InChI is InChI=1S/C27H36N2O3/c1-32-24(30)15-21-16-27(23-5-3-2-4-22(21)23)6-8-29(9-7-27)26(31)28-25-19-11-17-10-18(13-19)14-20(25)12-17/h2-5,17-21,25H,6-16H2,1H3,(H,28,31)/t17?,18?,19?,20?,21-,25?/m1/s1. The molecule has 172 valence electrons. The van der Waals surface area contributed by atoms with Crippen molar-refractivity contribution in [3.05, 3.63) is 35.4 Å². The largest absolute Gasteiger partial charge is 0.469 e. The Morgan fingerprint density at radius 3 is 2.34 bits per heavy atom. The molecule has 32 heavy (non-hydrogen) atoms. The maximum atomic E-state index is 13.2. The van der Waals surface area contributed by atoms with Crippen LogP contribution in [0, 0.1) is 23.7 Å². The third-order valence-electron chi connectivity index (χ3n) is 9.77. The number of methoxy groups -OCH3 is 1. The molecule has 0 aromatic heterocycles. The van der Waals surface area contributed by atoms with Gasteiger partial charge < -0.3 is 15.0 Å². The van der Waals surface area contributed by atoms with Gasteiger partial charge in [0.1, 0.15) is 0 Å². The molecule has 1 spiro atoms. The summed E-state index contributed by atoms with van der Waals surface area (Å²) in [7, 11) is 1.47. The summed E-state index contributed by atoms with van der Waals surface area (Å²) in [6.45, 7) is 1.61. The molecule has 1 saturated heterocycles. The van der Waals surface area contributed by atoms with Crippen LogP contribution in [0.15, 0.2) is 24.3 Å². The van der Waals surface area contributed by atoms with Crippen LogP contribution in [-0.4, -0.2) is 43.1 Å². The van der Waals surface area contributed by atoms with Crippen molar-refractivity contribution >= 4 is 12.0 Å². The Labute approximate surface area is 191 Å². The number of ether oxygens (including phenoxy) is 1. The minimum Gasteiger partial charge on any atom is -0.469 e. The zero-order valence-corrected chi connectivity index (χ0v) is 19.2. The summed E-state index contributed by atoms with van der Waals surface area (Å²) in [6.07, 6.45) is 10.2. The van der Waals surface area contributed by atoms with Gasteiger partial charge in [0, 0.05) is 19.1 Å². The quantitative estimate of drug-likeness (QED) is 0.704. The van der Waals surface area contributed by atoms with Gasteiger partial charge in [-0.2, -0.15) is 0 Å². The van der Waals surface area contributed by atoms with Crippen molar-refractivity contribution in [2.45, 2.75) is 75.2 Å². The van der Waals surface area contributed by atoms with Crippen LogP contribution < -0.4 is 5.32 Å². The van der Waals surface area contributed by atoms with Crippen molar-refractivity contribution in [3.63, 3.8) is 0 Å². The number of fused-ring (bicyclic) bond motifs is 2. The predicted molar refractivity (Wildman–Crippen MR) is 122 cm³/mol. The smallest absolute Gasteiger partial charge is 0.317 e. The molecule has 1 heterocycles. The molecule has 1 aliphatic heterocycles. The van der Waals surface area contributed by atoms with Crippen LogP contribution in [0.3, 0.4) is 0 Å². The monoisotopic (exact) mass is 436 g/mol. The van der Waals surface area contributed by atoms with E-state index in [9.17, 15) is 9.59 Å². The third kappa shape index (κ3) is 3.34. The highest BCUT2D eigenvalue weighted by Gasteiger charge is 2.50. The summed E-state index contributed by atoms with van der Waals surface area (Å²) < 4.78 is 4.96. The van der Waals surface area contributed by atoms with Crippen molar-refractivity contribution in [2.75, 3.05) is 20.2 Å². The van der Waals surface area contributed by atoms with Crippen LogP contribution in [0.5, 0.6) is 0 Å². The molecule has 5 fully saturated rings. The number of esters is 1. The number of rotatable bonds is 3. The lowest BCUT2D eigenvalue weighted by Gasteiger charge is -2.54. The number of hydrogen-bond acceptors (Lipinski definition) is 3. The van der Waals surface area contributed by atoms with E-state index in [2.05, 4.69) is 34.5 Å². The lowest BCUT2D eigenvalue weighted by molar-refractivity contribution is -0.141. The van der Waals surface area contributed by atoms with Gasteiger partial charge in [-0.1, -0.05) is 24.3 Å². The fraction of sp³-hybridized carbons (Fsp3) is 0.704. The van der Waals surface area contributed by atoms with Crippen LogP contribution in [0.4, 0.5) is 4.79 Å². The van der Waals surface area contributed by atoms with Crippen LogP contribution >= 0.6 is 0 Å². The topological polar surface area (TPSA) is 58.6 Å². The van der Waals surface area contributed by atoms with Crippen molar-refractivity contribution in [2.24, 2.45) is 23.7 Å². The Bertz CT molecular complexity index is 876. The van der Waals surface area contributed by atoms with E-state index in [1.807, 2.05) is 0 Å². The first-order valence-corrected chi connectivity index (χ1v) is 12.8. The first kappa shape index (κ1) is 20.6. The molecule has 4 bridgehead atoms. The van der Waals surface area contributed by atoms with Gasteiger partial charge in [0.15, 0.2) is 0 Å². The molecular formula is C27H36N2O3. The molecule has 0 radical (unpaired) electrons. The molecule has 1 aromatic carbocycles. The van der Waals surface area contributed by atoms with Gasteiger partial charge >= 0.3 is 12.0 Å². The minimum atomic E-state index is -0.130. The normalized spacial score (nSPS) is 36.2. The van der Waals surface area contributed by atoms with Gasteiger partial charge in [0.05, 0.1) is 13.5 Å². The maximum Gasteiger partial charge on any atom is 0.317 e. The van der Waals surface area contributed by atoms with E-state index in [1.165, 1.54) is 50.3 Å². The molecule has 4 saturated carbocycles. The van der Waals surface area contributed by atoms with Gasteiger partial charge in [-0.3, -0.25) is 4.79 Å². The highest BCUT2D eigenvalue weighted by molar-refractivity contribution is 5.75. The molecule has 5 aliphatic carbocycles. The van der Waals surface area contributed by atoms with Crippen LogP contribution in [0.1, 0.15) is 74.8 Å². The number of piperidine rings is 1. The Morgan fingerprint density at radius 1 is 1.03 bits per heavy atom. The van der Waals surface area contributed by atoms with E-state index in [1.54, 1.807) is 0 Å². The molecule has 0 unspecified atom stereocenters. The summed E-state index contributed by atoms with van der Waals surface area (Å²) >= 11 is 0. The lowest BCUT2D eigenvalue weighted by atomic mass is 9.54. The average molecular weight is 437 g/mol. The second-order valence-electron chi connectivity index (χ2n) is 11.4. The van der Waals surface area contributed by atoms with E-state index in [0.29, 0.717) is 24.3 Å². The number of carbonyl (C=O) groups is 2. The molecule has 5 nitrogen and oxygen atoms in total. The number of carbonyl (C=O) groups excluding carboxylic acids is 2. The number of benzene rings is 1. The number of hydrogen-bond donors (Lipinski definition) is 1. The zero-order chi connectivity index (χ0) is 21.9. The molecular weight excluding hydrogens is 400 g/mol. The predicted octanol–water partition coefficient (Wildman–Crippen LogP) is 4.60. The fourth-order valence-corrected chi connectivity index (χ4v) is 8.50. The summed E-state index contributed by atoms with van der Waals surface area (Å²) in [5.74, 6) is 3.39. The summed E-state index contributed by atoms with van der Waals surface area (Å²) in [5.41, 5.74) is 2.80. The Balaban J connectivity index is 1.12. The van der Waals surface area contributed by atoms with E-state index in [0.717, 1.165) is 44.2 Å². The lowest BCUT2D eigenvalue weighted by Crippen LogP contribution is -2.59. The van der Waals surface area contributed by atoms with Crippen LogP contribution in [-0.2, 0) is 14.9 Å². The van der Waals surface area contributed by atoms with E-state index in [-0.39, 0.29) is 23.3 Å². The molecule has 1 aromatic rings. The van der Waals surface area contributed by atoms with Crippen LogP contribution in [0.25, 0.3) is 0 Å².